The first kappa shape index (κ1) is 25.4. The number of hydrogen-bond acceptors (Lipinski definition) is 8. The van der Waals surface area contributed by atoms with Gasteiger partial charge in [0.1, 0.15) is 5.82 Å². The summed E-state index contributed by atoms with van der Waals surface area (Å²) in [6.07, 6.45) is 9.28. The fourth-order valence-corrected chi connectivity index (χ4v) is 3.93. The van der Waals surface area contributed by atoms with Crippen LogP contribution in [0.1, 0.15) is 64.2 Å². The van der Waals surface area contributed by atoms with Crippen molar-refractivity contribution in [3.63, 3.8) is 0 Å². The summed E-state index contributed by atoms with van der Waals surface area (Å²) < 4.78 is 4.61. The Morgan fingerprint density at radius 2 is 1.65 bits per heavy atom. The molecule has 1 aliphatic carbocycles. The van der Waals surface area contributed by atoms with E-state index in [1.165, 1.54) is 7.11 Å². The molecule has 34 heavy (non-hydrogen) atoms. The third kappa shape index (κ3) is 8.97. The van der Waals surface area contributed by atoms with E-state index in [9.17, 15) is 14.7 Å². The van der Waals surface area contributed by atoms with Crippen molar-refractivity contribution in [3.05, 3.63) is 36.5 Å². The summed E-state index contributed by atoms with van der Waals surface area (Å²) >= 11 is 0. The van der Waals surface area contributed by atoms with Gasteiger partial charge in [-0.15, -0.1) is 0 Å². The van der Waals surface area contributed by atoms with Crippen molar-refractivity contribution in [2.24, 2.45) is 0 Å². The number of nitrogens with zero attached hydrogens (tertiary/aromatic N) is 2. The fraction of sp³-hybridized carbons (Fsp3) is 0.520. The first-order chi connectivity index (χ1) is 16.5. The molecule has 3 rings (SSSR count). The molecule has 0 unspecified atom stereocenters. The van der Waals surface area contributed by atoms with Gasteiger partial charge in [-0.05, 0) is 68.9 Å². The zero-order valence-electron chi connectivity index (χ0n) is 19.8. The Labute approximate surface area is 200 Å². The topological polar surface area (TPSA) is 125 Å². The smallest absolute Gasteiger partial charge is 0.305 e. The van der Waals surface area contributed by atoms with Gasteiger partial charge < -0.3 is 25.8 Å². The summed E-state index contributed by atoms with van der Waals surface area (Å²) in [4.78, 5) is 32.0. The normalized spacial score (nSPS) is 17.6. The minimum absolute atomic E-state index is 0.0222. The maximum atomic E-state index is 12.2. The van der Waals surface area contributed by atoms with E-state index in [2.05, 4.69) is 30.7 Å². The monoisotopic (exact) mass is 469 g/mol. The number of benzene rings is 1. The van der Waals surface area contributed by atoms with Crippen LogP contribution in [0.4, 0.5) is 23.1 Å². The van der Waals surface area contributed by atoms with E-state index in [1.54, 1.807) is 6.20 Å². The van der Waals surface area contributed by atoms with Crippen molar-refractivity contribution in [1.82, 2.24) is 9.97 Å². The Hall–Kier alpha value is -3.20. The predicted molar refractivity (Wildman–Crippen MR) is 132 cm³/mol. The van der Waals surface area contributed by atoms with Gasteiger partial charge in [-0.3, -0.25) is 9.59 Å². The molecule has 0 aliphatic heterocycles. The van der Waals surface area contributed by atoms with Crippen LogP contribution in [0.15, 0.2) is 36.5 Å². The highest BCUT2D eigenvalue weighted by Crippen LogP contribution is 2.22. The zero-order valence-corrected chi connectivity index (χ0v) is 19.8. The highest BCUT2D eigenvalue weighted by molar-refractivity contribution is 5.90. The predicted octanol–water partition coefficient (Wildman–Crippen LogP) is 4.39. The van der Waals surface area contributed by atoms with Crippen molar-refractivity contribution in [3.8, 4) is 0 Å². The average molecular weight is 470 g/mol. The number of nitrogens with one attached hydrogen (secondary N) is 3. The number of unbranched alkanes of at least 4 members (excludes halogenated alkanes) is 3. The van der Waals surface area contributed by atoms with E-state index in [1.807, 2.05) is 30.3 Å². The first-order valence-corrected chi connectivity index (χ1v) is 12.0. The molecule has 1 aliphatic rings. The summed E-state index contributed by atoms with van der Waals surface area (Å²) in [6.45, 7) is 0. The highest BCUT2D eigenvalue weighted by atomic mass is 16.5. The van der Waals surface area contributed by atoms with E-state index < -0.39 is 0 Å². The molecule has 184 valence electrons. The number of amides is 1. The molecule has 0 atom stereocenters. The van der Waals surface area contributed by atoms with E-state index in [4.69, 9.17) is 0 Å². The zero-order chi connectivity index (χ0) is 24.2. The van der Waals surface area contributed by atoms with Crippen LogP contribution >= 0.6 is 0 Å². The molecule has 1 fully saturated rings. The molecule has 0 bridgehead atoms. The van der Waals surface area contributed by atoms with E-state index in [-0.39, 0.29) is 18.0 Å². The number of ether oxygens (including phenoxy) is 1. The third-order valence-corrected chi connectivity index (χ3v) is 5.89. The molecule has 0 radical (unpaired) electrons. The van der Waals surface area contributed by atoms with E-state index >= 15 is 0 Å². The minimum atomic E-state index is -0.187. The molecule has 0 spiro atoms. The minimum Gasteiger partial charge on any atom is -0.469 e. The number of esters is 1. The Balaban J connectivity index is 1.39. The van der Waals surface area contributed by atoms with Crippen LogP contribution in [-0.2, 0) is 14.3 Å². The Bertz CT molecular complexity index is 914. The maximum Gasteiger partial charge on any atom is 0.305 e. The summed E-state index contributed by atoms with van der Waals surface area (Å²) in [7, 11) is 1.39. The summed E-state index contributed by atoms with van der Waals surface area (Å²) in [5.74, 6) is 1.04. The van der Waals surface area contributed by atoms with Gasteiger partial charge in [-0.2, -0.15) is 4.98 Å². The van der Waals surface area contributed by atoms with Gasteiger partial charge in [0.05, 0.1) is 13.2 Å². The van der Waals surface area contributed by atoms with Crippen molar-refractivity contribution in [1.29, 1.82) is 0 Å². The second-order valence-electron chi connectivity index (χ2n) is 8.66. The number of aliphatic hydroxyl groups is 1. The molecule has 2 aromatic rings. The number of methoxy groups -OCH3 is 1. The van der Waals surface area contributed by atoms with Crippen LogP contribution in [-0.4, -0.2) is 46.2 Å². The van der Waals surface area contributed by atoms with Gasteiger partial charge in [0.15, 0.2) is 0 Å². The second-order valence-corrected chi connectivity index (χ2v) is 8.66. The van der Waals surface area contributed by atoms with Crippen LogP contribution in [0.2, 0.25) is 0 Å². The number of hydrogen-bond donors (Lipinski definition) is 4. The molecule has 1 saturated carbocycles. The largest absolute Gasteiger partial charge is 0.469 e. The summed E-state index contributed by atoms with van der Waals surface area (Å²) in [5.41, 5.74) is 1.55. The molecule has 4 N–H and O–H groups in total. The van der Waals surface area contributed by atoms with Gasteiger partial charge >= 0.3 is 5.97 Å². The molecule has 0 saturated heterocycles. The standard InChI is InChI=1S/C25H35N5O4/c1-34-24(33)7-5-3-2-4-6-23(32)28-19-8-10-20(11-9-19)29-25-26-17-16-22(30-25)27-18-12-14-21(31)15-13-18/h8-11,16-18,21,31H,2-7,12-15H2,1H3,(H,28,32)(H2,26,27,29,30). The molecular formula is C25H35N5O4. The number of carbonyl (C=O) groups excluding carboxylic acids is 2. The molecule has 9 nitrogen and oxygen atoms in total. The van der Waals surface area contributed by atoms with E-state index in [0.29, 0.717) is 24.8 Å². The van der Waals surface area contributed by atoms with Crippen LogP contribution < -0.4 is 16.0 Å². The number of aliphatic hydroxyl groups excluding tert-OH is 1. The van der Waals surface area contributed by atoms with E-state index in [0.717, 1.165) is 68.6 Å². The number of anilines is 4. The van der Waals surface area contributed by atoms with Gasteiger partial charge in [0.2, 0.25) is 11.9 Å². The lowest BCUT2D eigenvalue weighted by atomic mass is 9.93. The Morgan fingerprint density at radius 1 is 0.971 bits per heavy atom. The summed E-state index contributed by atoms with van der Waals surface area (Å²) in [6, 6.07) is 9.57. The molecule has 1 heterocycles. The van der Waals surface area contributed by atoms with Crippen molar-refractivity contribution < 1.29 is 19.4 Å². The maximum absolute atomic E-state index is 12.2. The lowest BCUT2D eigenvalue weighted by molar-refractivity contribution is -0.140. The van der Waals surface area contributed by atoms with Gasteiger partial charge in [-0.1, -0.05) is 12.8 Å². The van der Waals surface area contributed by atoms with Gasteiger partial charge in [0, 0.05) is 36.5 Å². The molecule has 1 aromatic carbocycles. The Morgan fingerprint density at radius 3 is 2.35 bits per heavy atom. The third-order valence-electron chi connectivity index (χ3n) is 5.89. The molecular weight excluding hydrogens is 434 g/mol. The number of carbonyl (C=O) groups is 2. The SMILES string of the molecule is COC(=O)CCCCCCC(=O)Nc1ccc(Nc2nccc(NC3CCC(O)CC3)n2)cc1. The fourth-order valence-electron chi connectivity index (χ4n) is 3.93. The number of rotatable bonds is 12. The van der Waals surface area contributed by atoms with Crippen LogP contribution in [0.25, 0.3) is 0 Å². The Kier molecular flexibility index (Phi) is 10.1. The summed E-state index contributed by atoms with van der Waals surface area (Å²) in [5, 5.41) is 19.2. The van der Waals surface area contributed by atoms with Crippen LogP contribution in [0, 0.1) is 0 Å². The van der Waals surface area contributed by atoms with Gasteiger partial charge in [0.25, 0.3) is 0 Å². The molecule has 1 aromatic heterocycles. The second kappa shape index (κ2) is 13.5. The van der Waals surface area contributed by atoms with Crippen LogP contribution in [0.5, 0.6) is 0 Å². The first-order valence-electron chi connectivity index (χ1n) is 12.0. The van der Waals surface area contributed by atoms with Crippen molar-refractivity contribution in [2.45, 2.75) is 76.4 Å². The number of aromatic nitrogens is 2. The highest BCUT2D eigenvalue weighted by Gasteiger charge is 2.19. The van der Waals surface area contributed by atoms with Gasteiger partial charge in [-0.25, -0.2) is 4.98 Å². The lowest BCUT2D eigenvalue weighted by Gasteiger charge is -2.26. The lowest BCUT2D eigenvalue weighted by Crippen LogP contribution is -2.28. The molecule has 9 heteroatoms. The van der Waals surface area contributed by atoms with Crippen molar-refractivity contribution >= 4 is 35.0 Å². The van der Waals surface area contributed by atoms with Crippen LogP contribution in [0.3, 0.4) is 0 Å². The average Bonchev–Trinajstić information content (AvgIpc) is 2.84. The molecule has 1 amide bonds. The van der Waals surface area contributed by atoms with Crippen molar-refractivity contribution in [2.75, 3.05) is 23.1 Å². The quantitative estimate of drug-likeness (QED) is 0.266.